The number of imide groups is 1. The van der Waals surface area contributed by atoms with Crippen LogP contribution in [0.2, 0.25) is 0 Å². The topological polar surface area (TPSA) is 145 Å². The van der Waals surface area contributed by atoms with Gasteiger partial charge in [-0.1, -0.05) is 29.2 Å². The molecule has 3 amide bonds. The Kier molecular flexibility index (Phi) is 8.97. The number of ether oxygens (including phenoxy) is 4. The number of morpholine rings is 1. The molecule has 2 fully saturated rings. The number of carbonyl (C=O) groups excluding carboxylic acids is 4. The molecule has 1 aromatic heterocycles. The molecule has 14 heteroatoms. The average molecular weight is 654 g/mol. The van der Waals surface area contributed by atoms with E-state index in [1.807, 2.05) is 6.92 Å². The summed E-state index contributed by atoms with van der Waals surface area (Å²) < 4.78 is 22.1. The molecular weight excluding hydrogens is 622 g/mol. The first kappa shape index (κ1) is 30.9. The number of aromatic nitrogens is 1. The lowest BCUT2D eigenvalue weighted by molar-refractivity contribution is -0.137. The second-order valence-electron chi connectivity index (χ2n) is 10.5. The quantitative estimate of drug-likeness (QED) is 0.270. The number of rotatable bonds is 9. The van der Waals surface area contributed by atoms with E-state index in [4.69, 9.17) is 18.9 Å². The van der Waals surface area contributed by atoms with Crippen LogP contribution in [-0.4, -0.2) is 84.9 Å². The highest BCUT2D eigenvalue weighted by molar-refractivity contribution is 8.00. The van der Waals surface area contributed by atoms with E-state index in [-0.39, 0.29) is 24.0 Å². The number of nitrogens with zero attached hydrogens (tertiary/aromatic N) is 2. The van der Waals surface area contributed by atoms with Gasteiger partial charge in [0.2, 0.25) is 11.8 Å². The molecule has 0 aliphatic carbocycles. The number of aromatic amines is 1. The maximum absolute atomic E-state index is 14.1. The van der Waals surface area contributed by atoms with E-state index >= 15 is 0 Å². The van der Waals surface area contributed by atoms with E-state index in [1.54, 1.807) is 42.2 Å². The van der Waals surface area contributed by atoms with E-state index in [0.29, 0.717) is 71.1 Å². The van der Waals surface area contributed by atoms with Gasteiger partial charge < -0.3 is 28.8 Å². The van der Waals surface area contributed by atoms with Crippen LogP contribution in [0.1, 0.15) is 40.6 Å². The van der Waals surface area contributed by atoms with Crippen LogP contribution in [0.4, 0.5) is 5.69 Å². The lowest BCUT2D eigenvalue weighted by atomic mass is 9.83. The van der Waals surface area contributed by atoms with Gasteiger partial charge in [0.15, 0.2) is 18.1 Å². The fraction of sp³-hybridized carbons (Fsp3) is 0.387. The minimum Gasteiger partial charge on any atom is -0.490 e. The molecule has 0 spiro atoms. The number of H-pyrrole nitrogens is 1. The minimum absolute atomic E-state index is 0.163. The monoisotopic (exact) mass is 653 g/mol. The normalized spacial score (nSPS) is 20.9. The summed E-state index contributed by atoms with van der Waals surface area (Å²) in [7, 11) is 0. The SMILES string of the molecule is CCOC(=O)c1ccc(N2C(=O)C3Sc4[nH]c(=O)sc4[C@H](c4ccc(OCC(=O)N5CCOCC5)c(OCC)c4)C3C2=O)cc1. The molecule has 3 atom stereocenters. The van der Waals surface area contributed by atoms with Gasteiger partial charge in [-0.15, -0.1) is 0 Å². The van der Waals surface area contributed by atoms with E-state index in [0.717, 1.165) is 16.2 Å². The lowest BCUT2D eigenvalue weighted by Gasteiger charge is -2.30. The molecular formula is C31H31N3O9S2. The predicted octanol–water partition coefficient (Wildman–Crippen LogP) is 3.05. The van der Waals surface area contributed by atoms with Crippen molar-refractivity contribution in [3.05, 3.63) is 68.1 Å². The number of benzene rings is 2. The molecule has 6 rings (SSSR count). The van der Waals surface area contributed by atoms with E-state index in [2.05, 4.69) is 4.98 Å². The van der Waals surface area contributed by atoms with Gasteiger partial charge in [0.25, 0.3) is 5.91 Å². The van der Waals surface area contributed by atoms with Crippen LogP contribution in [0.3, 0.4) is 0 Å². The first-order valence-electron chi connectivity index (χ1n) is 14.6. The number of fused-ring (bicyclic) bond motifs is 2. The highest BCUT2D eigenvalue weighted by atomic mass is 32.2. The Morgan fingerprint density at radius 3 is 2.42 bits per heavy atom. The highest BCUT2D eigenvalue weighted by Gasteiger charge is 2.56. The summed E-state index contributed by atoms with van der Waals surface area (Å²) in [5.41, 5.74) is 1.31. The summed E-state index contributed by atoms with van der Waals surface area (Å²) in [5, 5.41) is -0.242. The Morgan fingerprint density at radius 2 is 1.71 bits per heavy atom. The molecule has 3 aliphatic rings. The zero-order valence-corrected chi connectivity index (χ0v) is 26.2. The first-order chi connectivity index (χ1) is 21.8. The lowest BCUT2D eigenvalue weighted by Crippen LogP contribution is -2.43. The van der Waals surface area contributed by atoms with Gasteiger partial charge in [0, 0.05) is 23.9 Å². The molecule has 0 bridgehead atoms. The molecule has 1 N–H and O–H groups in total. The van der Waals surface area contributed by atoms with Gasteiger partial charge in [-0.3, -0.25) is 19.2 Å². The number of hydrogen-bond donors (Lipinski definition) is 1. The van der Waals surface area contributed by atoms with Gasteiger partial charge in [-0.2, -0.15) is 0 Å². The third kappa shape index (κ3) is 5.97. The zero-order valence-electron chi connectivity index (χ0n) is 24.6. The average Bonchev–Trinajstić information content (AvgIpc) is 3.54. The number of hydrogen-bond acceptors (Lipinski definition) is 11. The van der Waals surface area contributed by atoms with Gasteiger partial charge >= 0.3 is 10.8 Å². The summed E-state index contributed by atoms with van der Waals surface area (Å²) in [5.74, 6) is -2.17. The van der Waals surface area contributed by atoms with Crippen molar-refractivity contribution in [3.8, 4) is 11.5 Å². The van der Waals surface area contributed by atoms with E-state index in [1.165, 1.54) is 23.9 Å². The van der Waals surface area contributed by atoms with E-state index < -0.39 is 34.9 Å². The zero-order chi connectivity index (χ0) is 31.7. The fourth-order valence-electron chi connectivity index (χ4n) is 5.74. The van der Waals surface area contributed by atoms with Crippen LogP contribution >= 0.6 is 23.1 Å². The number of carbonyl (C=O) groups is 4. The summed E-state index contributed by atoms with van der Waals surface area (Å²) >= 11 is 2.18. The predicted molar refractivity (Wildman–Crippen MR) is 165 cm³/mol. The Bertz CT molecular complexity index is 1680. The van der Waals surface area contributed by atoms with Crippen LogP contribution in [0.15, 0.2) is 52.3 Å². The van der Waals surface area contributed by atoms with Gasteiger partial charge in [-0.05, 0) is 55.8 Å². The van der Waals surface area contributed by atoms with Crippen molar-refractivity contribution in [3.63, 3.8) is 0 Å². The molecule has 236 valence electrons. The molecule has 2 saturated heterocycles. The third-order valence-corrected chi connectivity index (χ3v) is 10.2. The smallest absolute Gasteiger partial charge is 0.338 e. The summed E-state index contributed by atoms with van der Waals surface area (Å²) in [6, 6.07) is 11.3. The van der Waals surface area contributed by atoms with Crippen molar-refractivity contribution in [2.45, 2.75) is 30.0 Å². The molecule has 3 aliphatic heterocycles. The maximum Gasteiger partial charge on any atom is 0.338 e. The number of nitrogens with one attached hydrogen (secondary N) is 1. The number of thiazole rings is 1. The number of anilines is 1. The molecule has 12 nitrogen and oxygen atoms in total. The Labute approximate surface area is 266 Å². The molecule has 2 aromatic carbocycles. The Morgan fingerprint density at radius 1 is 0.956 bits per heavy atom. The highest BCUT2D eigenvalue weighted by Crippen LogP contribution is 2.53. The number of thioether (sulfide) groups is 1. The maximum atomic E-state index is 14.1. The summed E-state index contributed by atoms with van der Waals surface area (Å²) in [6.45, 7) is 5.87. The van der Waals surface area contributed by atoms with Crippen molar-refractivity contribution in [2.24, 2.45) is 5.92 Å². The van der Waals surface area contributed by atoms with Crippen LogP contribution in [0.25, 0.3) is 0 Å². The van der Waals surface area contributed by atoms with Crippen molar-refractivity contribution in [2.75, 3.05) is 51.0 Å². The van der Waals surface area contributed by atoms with Crippen molar-refractivity contribution < 1.29 is 38.1 Å². The first-order valence-corrected chi connectivity index (χ1v) is 16.3. The second kappa shape index (κ2) is 13.1. The van der Waals surface area contributed by atoms with Gasteiger partial charge in [0.1, 0.15) is 5.25 Å². The molecule has 2 unspecified atom stereocenters. The van der Waals surface area contributed by atoms with Crippen molar-refractivity contribution in [1.29, 1.82) is 0 Å². The molecule has 4 heterocycles. The third-order valence-electron chi connectivity index (χ3n) is 7.80. The standard InChI is InChI=1S/C31H31N3O9S2/c1-3-41-21-15-18(7-10-20(21)43-16-22(35)33-11-13-40-14-12-33)23-24-26(44-27-25(23)45-31(39)32-27)29(37)34(28(24)36)19-8-5-17(6-9-19)30(38)42-4-2/h5-10,15,23-24,26H,3-4,11-14,16H2,1-2H3,(H,32,39)/t23-,24?,26?/m1/s1. The summed E-state index contributed by atoms with van der Waals surface area (Å²) in [4.78, 5) is 71.2. The minimum atomic E-state index is -0.810. The Hall–Kier alpha value is -4.14. The molecule has 0 radical (unpaired) electrons. The van der Waals surface area contributed by atoms with Crippen LogP contribution < -0.4 is 19.2 Å². The largest absolute Gasteiger partial charge is 0.490 e. The van der Waals surface area contributed by atoms with Crippen LogP contribution in [0.5, 0.6) is 11.5 Å². The number of amides is 3. The van der Waals surface area contributed by atoms with E-state index in [9.17, 15) is 24.0 Å². The Balaban J connectivity index is 1.31. The van der Waals surface area contributed by atoms with Crippen LogP contribution in [0, 0.1) is 5.92 Å². The molecule has 45 heavy (non-hydrogen) atoms. The van der Waals surface area contributed by atoms with Crippen LogP contribution in [-0.2, 0) is 23.9 Å². The fourth-order valence-corrected chi connectivity index (χ4v) is 8.26. The summed E-state index contributed by atoms with van der Waals surface area (Å²) in [6.07, 6.45) is 0. The van der Waals surface area contributed by atoms with Gasteiger partial charge in [0.05, 0.1) is 48.6 Å². The second-order valence-corrected chi connectivity index (χ2v) is 12.6. The molecule has 3 aromatic rings. The van der Waals surface area contributed by atoms with Gasteiger partial charge in [-0.25, -0.2) is 9.69 Å². The number of esters is 1. The molecule has 0 saturated carbocycles. The van der Waals surface area contributed by atoms with Crippen molar-refractivity contribution in [1.82, 2.24) is 9.88 Å². The van der Waals surface area contributed by atoms with Crippen molar-refractivity contribution >= 4 is 52.5 Å².